The van der Waals surface area contributed by atoms with Gasteiger partial charge in [0.1, 0.15) is 0 Å². The van der Waals surface area contributed by atoms with E-state index >= 15 is 0 Å². The molecule has 0 amide bonds. The molecule has 0 aliphatic heterocycles. The minimum atomic E-state index is -3.57. The van der Waals surface area contributed by atoms with E-state index in [4.69, 9.17) is 0 Å². The van der Waals surface area contributed by atoms with Crippen LogP contribution >= 0.6 is 0 Å². The first-order valence-corrected chi connectivity index (χ1v) is 8.27. The predicted octanol–water partition coefficient (Wildman–Crippen LogP) is 2.55. The molecule has 0 bridgehead atoms. The molecule has 1 aromatic carbocycles. The van der Waals surface area contributed by atoms with E-state index in [1.54, 1.807) is 36.7 Å². The lowest BCUT2D eigenvalue weighted by molar-refractivity contribution is 0.594. The molecule has 0 spiro atoms. The number of nitrogens with zero attached hydrogens (tertiary/aromatic N) is 1. The van der Waals surface area contributed by atoms with E-state index in [1.807, 2.05) is 26.0 Å². The lowest BCUT2D eigenvalue weighted by Crippen LogP contribution is -2.18. The van der Waals surface area contributed by atoms with E-state index < -0.39 is 10.0 Å². The summed E-state index contributed by atoms with van der Waals surface area (Å²) in [7, 11) is -3.57. The highest BCUT2D eigenvalue weighted by Gasteiger charge is 2.14. The first-order chi connectivity index (χ1) is 10.0. The minimum Gasteiger partial charge on any atom is -0.310 e. The Kier molecular flexibility index (Phi) is 4.93. The summed E-state index contributed by atoms with van der Waals surface area (Å²) in [4.78, 5) is 4.10. The van der Waals surface area contributed by atoms with Crippen molar-refractivity contribution in [3.05, 3.63) is 54.4 Å². The third-order valence-corrected chi connectivity index (χ3v) is 4.53. The highest BCUT2D eigenvalue weighted by Crippen LogP contribution is 2.18. The third kappa shape index (κ3) is 4.03. The van der Waals surface area contributed by atoms with Gasteiger partial charge < -0.3 is 5.32 Å². The van der Waals surface area contributed by atoms with Crippen LogP contribution in [0.15, 0.2) is 53.7 Å². The van der Waals surface area contributed by atoms with Crippen LogP contribution in [0.25, 0.3) is 0 Å². The van der Waals surface area contributed by atoms with Gasteiger partial charge in [-0.05, 0) is 43.3 Å². The quantitative estimate of drug-likeness (QED) is 0.860. The van der Waals surface area contributed by atoms with Crippen LogP contribution < -0.4 is 10.0 Å². The number of aromatic nitrogens is 1. The Labute approximate surface area is 125 Å². The first-order valence-electron chi connectivity index (χ1n) is 6.79. The van der Waals surface area contributed by atoms with Gasteiger partial charge in [-0.15, -0.1) is 0 Å². The Hall–Kier alpha value is -1.92. The van der Waals surface area contributed by atoms with Crippen LogP contribution in [0, 0.1) is 0 Å². The maximum absolute atomic E-state index is 12.3. The van der Waals surface area contributed by atoms with Crippen molar-refractivity contribution in [2.24, 2.45) is 0 Å². The summed E-state index contributed by atoms with van der Waals surface area (Å²) < 4.78 is 27.0. The van der Waals surface area contributed by atoms with Crippen molar-refractivity contribution in [3.63, 3.8) is 0 Å². The summed E-state index contributed by atoms with van der Waals surface area (Å²) in [6.07, 6.45) is 3.08. The van der Waals surface area contributed by atoms with Gasteiger partial charge in [-0.25, -0.2) is 8.42 Å². The summed E-state index contributed by atoms with van der Waals surface area (Å²) in [5.74, 6) is 0. The molecule has 2 rings (SSSR count). The molecule has 2 aromatic rings. The van der Waals surface area contributed by atoms with E-state index in [0.29, 0.717) is 5.69 Å². The molecule has 6 heteroatoms. The monoisotopic (exact) mass is 305 g/mol. The largest absolute Gasteiger partial charge is 0.310 e. The van der Waals surface area contributed by atoms with Crippen LogP contribution in [0.1, 0.15) is 25.5 Å². The number of hydrogen-bond acceptors (Lipinski definition) is 4. The molecule has 0 fully saturated rings. The number of anilines is 1. The fourth-order valence-electron chi connectivity index (χ4n) is 1.99. The van der Waals surface area contributed by atoms with Crippen molar-refractivity contribution < 1.29 is 8.42 Å². The number of benzene rings is 1. The molecule has 0 aliphatic carbocycles. The van der Waals surface area contributed by atoms with Gasteiger partial charge in [0.2, 0.25) is 0 Å². The number of pyridine rings is 1. The van der Waals surface area contributed by atoms with Crippen LogP contribution in [-0.2, 0) is 10.0 Å². The van der Waals surface area contributed by atoms with E-state index in [9.17, 15) is 8.42 Å². The fourth-order valence-corrected chi connectivity index (χ4v) is 3.05. The Morgan fingerprint density at radius 2 is 1.71 bits per heavy atom. The molecule has 2 N–H and O–H groups in total. The maximum Gasteiger partial charge on any atom is 0.261 e. The third-order valence-electron chi connectivity index (χ3n) is 3.13. The van der Waals surface area contributed by atoms with Crippen molar-refractivity contribution in [3.8, 4) is 0 Å². The van der Waals surface area contributed by atoms with Crippen molar-refractivity contribution in [1.29, 1.82) is 0 Å². The number of sulfonamides is 1. The van der Waals surface area contributed by atoms with E-state index in [2.05, 4.69) is 15.0 Å². The van der Waals surface area contributed by atoms with Crippen molar-refractivity contribution >= 4 is 15.7 Å². The van der Waals surface area contributed by atoms with Gasteiger partial charge in [0.25, 0.3) is 10.0 Å². The smallest absolute Gasteiger partial charge is 0.261 e. The highest BCUT2D eigenvalue weighted by atomic mass is 32.2. The summed E-state index contributed by atoms with van der Waals surface area (Å²) in [6.45, 7) is 4.95. The molecular weight excluding hydrogens is 286 g/mol. The van der Waals surface area contributed by atoms with Gasteiger partial charge in [-0.3, -0.25) is 9.71 Å². The molecule has 112 valence electrons. The standard InChI is InChI=1S/C15H19N3O2S/c1-3-17-12(2)13-4-6-15(7-5-13)21(19,20)18-14-8-10-16-11-9-14/h4-12,17H,3H2,1-2H3,(H,16,18). The molecule has 5 nitrogen and oxygen atoms in total. The number of nitrogens with one attached hydrogen (secondary N) is 2. The zero-order valence-corrected chi connectivity index (χ0v) is 12.9. The number of rotatable bonds is 6. The second-order valence-corrected chi connectivity index (χ2v) is 6.37. The molecular formula is C15H19N3O2S. The van der Waals surface area contributed by atoms with Gasteiger partial charge in [0.15, 0.2) is 0 Å². The molecule has 0 saturated heterocycles. The minimum absolute atomic E-state index is 0.194. The van der Waals surface area contributed by atoms with Crippen LogP contribution in [0.2, 0.25) is 0 Å². The predicted molar refractivity (Wildman–Crippen MR) is 83.6 cm³/mol. The summed E-state index contributed by atoms with van der Waals surface area (Å²) in [5.41, 5.74) is 1.55. The lowest BCUT2D eigenvalue weighted by Gasteiger charge is -2.13. The number of hydrogen-bond donors (Lipinski definition) is 2. The molecule has 1 aromatic heterocycles. The van der Waals surface area contributed by atoms with Gasteiger partial charge in [-0.1, -0.05) is 19.1 Å². The topological polar surface area (TPSA) is 71.1 Å². The molecule has 21 heavy (non-hydrogen) atoms. The van der Waals surface area contributed by atoms with Gasteiger partial charge >= 0.3 is 0 Å². The van der Waals surface area contributed by atoms with Crippen LogP contribution in [0.3, 0.4) is 0 Å². The summed E-state index contributed by atoms with van der Waals surface area (Å²) >= 11 is 0. The second kappa shape index (κ2) is 6.69. The van der Waals surface area contributed by atoms with Gasteiger partial charge in [-0.2, -0.15) is 0 Å². The SMILES string of the molecule is CCNC(C)c1ccc(S(=O)(=O)Nc2ccncc2)cc1. The molecule has 0 saturated carbocycles. The van der Waals surface area contributed by atoms with Crippen LogP contribution in [0.4, 0.5) is 5.69 Å². The maximum atomic E-state index is 12.3. The lowest BCUT2D eigenvalue weighted by atomic mass is 10.1. The van der Waals surface area contributed by atoms with Crippen molar-refractivity contribution in [1.82, 2.24) is 10.3 Å². The van der Waals surface area contributed by atoms with Crippen LogP contribution in [-0.4, -0.2) is 19.9 Å². The summed E-state index contributed by atoms with van der Waals surface area (Å²) in [5, 5.41) is 3.29. The van der Waals surface area contributed by atoms with Gasteiger partial charge in [0.05, 0.1) is 10.6 Å². The average Bonchev–Trinajstić information content (AvgIpc) is 2.48. The average molecular weight is 305 g/mol. The van der Waals surface area contributed by atoms with Gasteiger partial charge in [0, 0.05) is 18.4 Å². The molecule has 1 unspecified atom stereocenters. The second-order valence-electron chi connectivity index (χ2n) is 4.69. The molecule has 0 radical (unpaired) electrons. The van der Waals surface area contributed by atoms with Crippen molar-refractivity contribution in [2.75, 3.05) is 11.3 Å². The summed E-state index contributed by atoms with van der Waals surface area (Å²) in [6, 6.07) is 10.3. The highest BCUT2D eigenvalue weighted by molar-refractivity contribution is 7.92. The normalized spacial score (nSPS) is 12.9. The zero-order valence-electron chi connectivity index (χ0n) is 12.1. The Morgan fingerprint density at radius 1 is 1.10 bits per heavy atom. The molecule has 0 aliphatic rings. The van der Waals surface area contributed by atoms with Crippen LogP contribution in [0.5, 0.6) is 0 Å². The molecule has 1 heterocycles. The Balaban J connectivity index is 2.17. The fraction of sp³-hybridized carbons (Fsp3) is 0.267. The van der Waals surface area contributed by atoms with E-state index in [0.717, 1.165) is 12.1 Å². The molecule has 1 atom stereocenters. The first kappa shape index (κ1) is 15.5. The Bertz CT molecular complexity index is 670. The van der Waals surface area contributed by atoms with Crippen molar-refractivity contribution in [2.45, 2.75) is 24.8 Å². The zero-order chi connectivity index (χ0) is 15.3. The Morgan fingerprint density at radius 3 is 2.29 bits per heavy atom. The van der Waals surface area contributed by atoms with E-state index in [1.165, 1.54) is 0 Å². The van der Waals surface area contributed by atoms with E-state index in [-0.39, 0.29) is 10.9 Å².